The number of carbonyl (C=O) groups excluding carboxylic acids is 1. The van der Waals surface area contributed by atoms with Crippen molar-refractivity contribution in [3.63, 3.8) is 0 Å². The van der Waals surface area contributed by atoms with E-state index >= 15 is 0 Å². The minimum Gasteiger partial charge on any atom is -0.482 e. The molecule has 27 heavy (non-hydrogen) atoms. The van der Waals surface area contributed by atoms with E-state index in [4.69, 9.17) is 4.74 Å². The van der Waals surface area contributed by atoms with Gasteiger partial charge in [-0.2, -0.15) is 0 Å². The predicted molar refractivity (Wildman–Crippen MR) is 114 cm³/mol. The van der Waals surface area contributed by atoms with Gasteiger partial charge < -0.3 is 4.74 Å². The number of aryl methyl sites for hydroxylation is 1. The zero-order valence-corrected chi connectivity index (χ0v) is 17.5. The van der Waals surface area contributed by atoms with Gasteiger partial charge in [0.1, 0.15) is 5.75 Å². The summed E-state index contributed by atoms with van der Waals surface area (Å²) in [6.07, 6.45) is 19.7. The molecule has 0 amide bonds. The van der Waals surface area contributed by atoms with Gasteiger partial charge in [0.25, 0.3) is 0 Å². The van der Waals surface area contributed by atoms with E-state index < -0.39 is 0 Å². The number of ether oxygens (including phenoxy) is 1. The van der Waals surface area contributed by atoms with Crippen LogP contribution in [0.25, 0.3) is 0 Å². The Balaban J connectivity index is 1.41. The van der Waals surface area contributed by atoms with Gasteiger partial charge in [-0.1, -0.05) is 102 Å². The van der Waals surface area contributed by atoms with Crippen LogP contribution >= 0.6 is 0 Å². The fourth-order valence-electron chi connectivity index (χ4n) is 4.03. The van der Waals surface area contributed by atoms with Crippen LogP contribution in [0.2, 0.25) is 0 Å². The van der Waals surface area contributed by atoms with Crippen molar-refractivity contribution >= 4 is 5.78 Å². The molecule has 1 unspecified atom stereocenters. The summed E-state index contributed by atoms with van der Waals surface area (Å²) in [5, 5.41) is 0. The largest absolute Gasteiger partial charge is 0.482 e. The van der Waals surface area contributed by atoms with Crippen molar-refractivity contribution in [3.05, 3.63) is 29.8 Å². The lowest BCUT2D eigenvalue weighted by Crippen LogP contribution is -2.31. The van der Waals surface area contributed by atoms with Crippen molar-refractivity contribution < 1.29 is 9.53 Å². The normalized spacial score (nSPS) is 16.0. The van der Waals surface area contributed by atoms with Crippen LogP contribution in [0.5, 0.6) is 5.75 Å². The molecule has 0 saturated heterocycles. The van der Waals surface area contributed by atoms with Crippen molar-refractivity contribution in [1.82, 2.24) is 0 Å². The number of hydrogen-bond acceptors (Lipinski definition) is 2. The first-order valence-corrected chi connectivity index (χ1v) is 11.6. The molecule has 0 saturated carbocycles. The van der Waals surface area contributed by atoms with Gasteiger partial charge in [0.15, 0.2) is 11.9 Å². The van der Waals surface area contributed by atoms with Gasteiger partial charge in [-0.15, -0.1) is 0 Å². The van der Waals surface area contributed by atoms with Gasteiger partial charge in [-0.25, -0.2) is 0 Å². The molecule has 1 aliphatic heterocycles. The first kappa shape index (κ1) is 22.0. The van der Waals surface area contributed by atoms with Crippen LogP contribution in [0.15, 0.2) is 24.3 Å². The number of fused-ring (bicyclic) bond motifs is 1. The maximum Gasteiger partial charge on any atom is 0.173 e. The highest BCUT2D eigenvalue weighted by Gasteiger charge is 2.24. The summed E-state index contributed by atoms with van der Waals surface area (Å²) < 4.78 is 5.91. The molecular weight excluding hydrogens is 332 g/mol. The number of hydrogen-bond donors (Lipinski definition) is 0. The van der Waals surface area contributed by atoms with Gasteiger partial charge in [0, 0.05) is 6.42 Å². The first-order valence-electron chi connectivity index (χ1n) is 11.6. The number of ketones is 1. The topological polar surface area (TPSA) is 26.3 Å². The molecule has 2 rings (SSSR count). The van der Waals surface area contributed by atoms with E-state index in [1.165, 1.54) is 82.6 Å². The monoisotopic (exact) mass is 372 g/mol. The first-order chi connectivity index (χ1) is 13.3. The average Bonchev–Trinajstić information content (AvgIpc) is 2.71. The van der Waals surface area contributed by atoms with E-state index in [2.05, 4.69) is 13.0 Å². The molecule has 1 heterocycles. The molecule has 0 bridgehead atoms. The number of rotatable bonds is 15. The second-order valence-corrected chi connectivity index (χ2v) is 8.21. The van der Waals surface area contributed by atoms with Crippen LogP contribution in [-0.4, -0.2) is 11.9 Å². The van der Waals surface area contributed by atoms with Gasteiger partial charge in [-0.05, 0) is 30.9 Å². The molecule has 0 fully saturated rings. The zero-order chi connectivity index (χ0) is 19.2. The number of carbonyl (C=O) groups is 1. The molecule has 0 aliphatic carbocycles. The average molecular weight is 373 g/mol. The molecule has 1 aromatic carbocycles. The predicted octanol–water partition coefficient (Wildman–Crippen LogP) is 7.43. The summed E-state index contributed by atoms with van der Waals surface area (Å²) in [5.74, 6) is 1.21. The standard InChI is InChI=1S/C25H40O2/c1-2-3-4-5-6-7-8-9-10-11-12-13-14-18-23(26)25-21-20-22-17-15-16-19-24(22)27-25/h15-17,19,25H,2-14,18,20-21H2,1H3. The van der Waals surface area contributed by atoms with E-state index in [-0.39, 0.29) is 6.10 Å². The summed E-state index contributed by atoms with van der Waals surface area (Å²) in [5.41, 5.74) is 1.24. The minimum absolute atomic E-state index is 0.211. The Kier molecular flexibility index (Phi) is 11.2. The van der Waals surface area contributed by atoms with E-state index in [1.54, 1.807) is 0 Å². The fourth-order valence-corrected chi connectivity index (χ4v) is 4.03. The van der Waals surface area contributed by atoms with Crippen molar-refractivity contribution in [2.24, 2.45) is 0 Å². The molecule has 1 atom stereocenters. The zero-order valence-electron chi connectivity index (χ0n) is 17.5. The molecule has 0 N–H and O–H groups in total. The lowest BCUT2D eigenvalue weighted by Gasteiger charge is -2.25. The molecule has 0 spiro atoms. The van der Waals surface area contributed by atoms with Crippen LogP contribution in [-0.2, 0) is 11.2 Å². The Morgan fingerprint density at radius 1 is 0.852 bits per heavy atom. The Bertz CT molecular complexity index is 523. The van der Waals surface area contributed by atoms with Crippen LogP contribution < -0.4 is 4.74 Å². The van der Waals surface area contributed by atoms with Crippen LogP contribution in [0.1, 0.15) is 109 Å². The number of para-hydroxylation sites is 1. The number of Topliss-reactive ketones (excluding diaryl/α,β-unsaturated/α-hetero) is 1. The van der Waals surface area contributed by atoms with E-state index in [0.29, 0.717) is 12.2 Å². The summed E-state index contributed by atoms with van der Waals surface area (Å²) in [6.45, 7) is 2.28. The third kappa shape index (κ3) is 8.95. The van der Waals surface area contributed by atoms with E-state index in [0.717, 1.165) is 25.0 Å². The van der Waals surface area contributed by atoms with Crippen LogP contribution in [0, 0.1) is 0 Å². The molecule has 1 aliphatic rings. The lowest BCUT2D eigenvalue weighted by molar-refractivity contribution is -0.126. The summed E-state index contributed by atoms with van der Waals surface area (Å²) in [6, 6.07) is 8.11. The smallest absolute Gasteiger partial charge is 0.173 e. The molecule has 0 aromatic heterocycles. The second-order valence-electron chi connectivity index (χ2n) is 8.21. The highest BCUT2D eigenvalue weighted by Crippen LogP contribution is 2.28. The third-order valence-electron chi connectivity index (χ3n) is 5.80. The second kappa shape index (κ2) is 13.8. The Labute approximate surface area is 167 Å². The Hall–Kier alpha value is -1.31. The van der Waals surface area contributed by atoms with Gasteiger partial charge >= 0.3 is 0 Å². The van der Waals surface area contributed by atoms with Gasteiger partial charge in [0.2, 0.25) is 0 Å². The van der Waals surface area contributed by atoms with Crippen molar-refractivity contribution in [2.45, 2.75) is 116 Å². The van der Waals surface area contributed by atoms with Crippen molar-refractivity contribution in [3.8, 4) is 5.75 Å². The molecule has 0 radical (unpaired) electrons. The van der Waals surface area contributed by atoms with Crippen LogP contribution in [0.3, 0.4) is 0 Å². The third-order valence-corrected chi connectivity index (χ3v) is 5.80. The minimum atomic E-state index is -0.211. The van der Waals surface area contributed by atoms with Crippen molar-refractivity contribution in [1.29, 1.82) is 0 Å². The Morgan fingerprint density at radius 3 is 2.04 bits per heavy atom. The molecule has 2 heteroatoms. The van der Waals surface area contributed by atoms with E-state index in [1.807, 2.05) is 18.2 Å². The van der Waals surface area contributed by atoms with E-state index in [9.17, 15) is 4.79 Å². The van der Waals surface area contributed by atoms with Crippen molar-refractivity contribution in [2.75, 3.05) is 0 Å². The number of unbranched alkanes of at least 4 members (excludes halogenated alkanes) is 12. The highest BCUT2D eigenvalue weighted by molar-refractivity contribution is 5.83. The van der Waals surface area contributed by atoms with Gasteiger partial charge in [0.05, 0.1) is 0 Å². The summed E-state index contributed by atoms with van der Waals surface area (Å²) in [7, 11) is 0. The fraction of sp³-hybridized carbons (Fsp3) is 0.720. The summed E-state index contributed by atoms with van der Waals surface area (Å²) >= 11 is 0. The summed E-state index contributed by atoms with van der Waals surface area (Å²) in [4.78, 5) is 12.4. The molecular formula is C25H40O2. The molecule has 2 nitrogen and oxygen atoms in total. The maximum atomic E-state index is 12.4. The SMILES string of the molecule is CCCCCCCCCCCCCCCC(=O)C1CCc2ccccc2O1. The maximum absolute atomic E-state index is 12.4. The van der Waals surface area contributed by atoms with Gasteiger partial charge in [-0.3, -0.25) is 4.79 Å². The molecule has 1 aromatic rings. The highest BCUT2D eigenvalue weighted by atomic mass is 16.5. The molecule has 152 valence electrons. The number of benzene rings is 1. The van der Waals surface area contributed by atoms with Crippen LogP contribution in [0.4, 0.5) is 0 Å². The lowest BCUT2D eigenvalue weighted by atomic mass is 9.97. The Morgan fingerprint density at radius 2 is 1.41 bits per heavy atom. The quantitative estimate of drug-likeness (QED) is 0.299.